The van der Waals surface area contributed by atoms with E-state index in [0.29, 0.717) is 17.0 Å². The maximum Gasteiger partial charge on any atom is 0.303 e. The Morgan fingerprint density at radius 1 is 0.914 bits per heavy atom. The van der Waals surface area contributed by atoms with Gasteiger partial charge in [-0.25, -0.2) is 4.39 Å². The molecule has 1 N–H and O–H groups in total. The molecule has 0 aliphatic carbocycles. The minimum Gasteiger partial charge on any atom is -0.345 e. The van der Waals surface area contributed by atoms with E-state index < -0.39 is 16.0 Å². The molecule has 0 unspecified atom stereocenters. The monoisotopic (exact) mass is 497 g/mol. The van der Waals surface area contributed by atoms with Gasteiger partial charge in [0.05, 0.1) is 18.3 Å². The highest BCUT2D eigenvalue weighted by Gasteiger charge is 2.27. The molecule has 186 valence electrons. The lowest BCUT2D eigenvalue weighted by atomic mass is 9.96. The smallest absolute Gasteiger partial charge is 0.303 e. The van der Waals surface area contributed by atoms with E-state index in [9.17, 15) is 17.6 Å². The molecule has 0 radical (unpaired) electrons. The molecule has 1 atom stereocenters. The number of hydrogen-bond acceptors (Lipinski definition) is 3. The number of amides is 1. The van der Waals surface area contributed by atoms with E-state index in [4.69, 9.17) is 0 Å². The van der Waals surface area contributed by atoms with Crippen molar-refractivity contribution in [1.29, 1.82) is 0 Å². The molecule has 3 rings (SSSR count). The van der Waals surface area contributed by atoms with E-state index >= 15 is 0 Å². The maximum atomic E-state index is 14.5. The van der Waals surface area contributed by atoms with Gasteiger partial charge in [-0.2, -0.15) is 12.7 Å². The molecule has 6 nitrogen and oxygen atoms in total. The number of carbonyl (C=O) groups excluding carboxylic acids is 1. The van der Waals surface area contributed by atoms with Crippen LogP contribution in [0.3, 0.4) is 0 Å². The molecule has 8 heteroatoms. The van der Waals surface area contributed by atoms with Gasteiger partial charge in [0.15, 0.2) is 0 Å². The van der Waals surface area contributed by atoms with Crippen molar-refractivity contribution in [3.05, 3.63) is 101 Å². The van der Waals surface area contributed by atoms with E-state index in [2.05, 4.69) is 19.2 Å². The average molecular weight is 498 g/mol. The molecule has 35 heavy (non-hydrogen) atoms. The number of carbonyl (C=O) groups is 1. The Kier molecular flexibility index (Phi) is 8.64. The summed E-state index contributed by atoms with van der Waals surface area (Å²) < 4.78 is 42.4. The van der Waals surface area contributed by atoms with Crippen LogP contribution in [0.25, 0.3) is 0 Å². The highest BCUT2D eigenvalue weighted by Crippen LogP contribution is 2.26. The van der Waals surface area contributed by atoms with Gasteiger partial charge < -0.3 is 5.32 Å². The second kappa shape index (κ2) is 11.5. The molecule has 0 aliphatic rings. The van der Waals surface area contributed by atoms with Crippen molar-refractivity contribution in [3.8, 4) is 0 Å². The summed E-state index contributed by atoms with van der Waals surface area (Å²) in [5, 5.41) is 3.11. The van der Waals surface area contributed by atoms with Crippen LogP contribution in [0.5, 0.6) is 0 Å². The second-order valence-corrected chi connectivity index (χ2v) is 11.1. The van der Waals surface area contributed by atoms with Crippen LogP contribution in [0.4, 0.5) is 10.1 Å². The van der Waals surface area contributed by atoms with Crippen molar-refractivity contribution >= 4 is 21.8 Å². The average Bonchev–Trinajstić information content (AvgIpc) is 2.83. The van der Waals surface area contributed by atoms with Gasteiger partial charge in [0.25, 0.3) is 5.91 Å². The molecule has 0 aliphatic heterocycles. The summed E-state index contributed by atoms with van der Waals surface area (Å²) in [6, 6.07) is 22.2. The molecule has 0 spiro atoms. The molecular formula is C27H32FN3O3S. The SMILES string of the molecule is CC(C)C[C@@H](NC(=O)c1ccc(CN(c2ccccc2F)S(=O)(=O)N(C)C)cc1)c1ccccc1. The fourth-order valence-electron chi connectivity index (χ4n) is 3.75. The van der Waals surface area contributed by atoms with Gasteiger partial charge in [-0.3, -0.25) is 9.10 Å². The second-order valence-electron chi connectivity index (χ2n) is 9.01. The number of nitrogens with one attached hydrogen (secondary N) is 1. The van der Waals surface area contributed by atoms with Crippen LogP contribution < -0.4 is 9.62 Å². The predicted molar refractivity (Wildman–Crippen MR) is 138 cm³/mol. The first-order chi connectivity index (χ1) is 16.6. The maximum absolute atomic E-state index is 14.5. The van der Waals surface area contributed by atoms with Crippen LogP contribution in [0, 0.1) is 11.7 Å². The van der Waals surface area contributed by atoms with Gasteiger partial charge in [0, 0.05) is 19.7 Å². The van der Waals surface area contributed by atoms with Crippen molar-refractivity contribution < 1.29 is 17.6 Å². The van der Waals surface area contributed by atoms with Crippen LogP contribution in [0.2, 0.25) is 0 Å². The lowest BCUT2D eigenvalue weighted by Gasteiger charge is -2.28. The summed E-state index contributed by atoms with van der Waals surface area (Å²) >= 11 is 0. The van der Waals surface area contributed by atoms with Crippen molar-refractivity contribution in [3.63, 3.8) is 0 Å². The van der Waals surface area contributed by atoms with Crippen LogP contribution in [0.15, 0.2) is 78.9 Å². The molecular weight excluding hydrogens is 465 g/mol. The van der Waals surface area contributed by atoms with Crippen molar-refractivity contribution in [2.45, 2.75) is 32.9 Å². The summed E-state index contributed by atoms with van der Waals surface area (Å²) in [5.74, 6) is -0.449. The summed E-state index contributed by atoms with van der Waals surface area (Å²) in [5.41, 5.74) is 2.09. The Hall–Kier alpha value is -3.23. The summed E-state index contributed by atoms with van der Waals surface area (Å²) in [7, 11) is -1.15. The molecule has 3 aromatic carbocycles. The first-order valence-electron chi connectivity index (χ1n) is 11.5. The van der Waals surface area contributed by atoms with E-state index in [0.717, 1.165) is 20.6 Å². The molecule has 0 fully saturated rings. The normalized spacial score (nSPS) is 12.5. The van der Waals surface area contributed by atoms with E-state index in [1.165, 1.54) is 32.3 Å². The zero-order valence-corrected chi connectivity index (χ0v) is 21.3. The van der Waals surface area contributed by atoms with Crippen LogP contribution >= 0.6 is 0 Å². The van der Waals surface area contributed by atoms with Gasteiger partial charge >= 0.3 is 10.2 Å². The van der Waals surface area contributed by atoms with Crippen molar-refractivity contribution in [1.82, 2.24) is 9.62 Å². The number of rotatable bonds is 10. The van der Waals surface area contributed by atoms with Crippen LogP contribution in [0.1, 0.15) is 47.8 Å². The van der Waals surface area contributed by atoms with Gasteiger partial charge in [-0.1, -0.05) is 68.4 Å². The van der Waals surface area contributed by atoms with Crippen LogP contribution in [-0.2, 0) is 16.8 Å². The fraction of sp³-hybridized carbons (Fsp3) is 0.296. The third-order valence-electron chi connectivity index (χ3n) is 5.62. The highest BCUT2D eigenvalue weighted by molar-refractivity contribution is 7.90. The number of benzene rings is 3. The van der Waals surface area contributed by atoms with Crippen LogP contribution in [-0.4, -0.2) is 32.7 Å². The number of hydrogen-bond donors (Lipinski definition) is 1. The Labute approximate surface area is 207 Å². The molecule has 0 aromatic heterocycles. The quantitative estimate of drug-likeness (QED) is 0.421. The number of anilines is 1. The summed E-state index contributed by atoms with van der Waals surface area (Å²) in [6.45, 7) is 4.14. The zero-order valence-electron chi connectivity index (χ0n) is 20.5. The van der Waals surface area contributed by atoms with Gasteiger partial charge in [-0.05, 0) is 47.7 Å². The third kappa shape index (κ3) is 6.68. The molecule has 0 heterocycles. The minimum atomic E-state index is -3.95. The molecule has 0 bridgehead atoms. The first kappa shape index (κ1) is 26.4. The first-order valence-corrected chi connectivity index (χ1v) is 12.9. The van der Waals surface area contributed by atoms with E-state index in [-0.39, 0.29) is 24.2 Å². The highest BCUT2D eigenvalue weighted by atomic mass is 32.2. The molecule has 3 aromatic rings. The largest absolute Gasteiger partial charge is 0.345 e. The van der Waals surface area contributed by atoms with Gasteiger partial charge in [0.2, 0.25) is 0 Å². The number of halogens is 1. The standard InChI is InChI=1S/C27H32FN3O3S/c1-20(2)18-25(22-10-6-5-7-11-22)29-27(32)23-16-14-21(15-17-23)19-31(35(33,34)30(3)4)26-13-9-8-12-24(26)28/h5-17,20,25H,18-19H2,1-4H3,(H,29,32)/t25-/m1/s1. The Morgan fingerprint density at radius 3 is 2.09 bits per heavy atom. The van der Waals surface area contributed by atoms with Gasteiger partial charge in [0.1, 0.15) is 5.82 Å². The van der Waals surface area contributed by atoms with Crippen molar-refractivity contribution in [2.24, 2.45) is 5.92 Å². The van der Waals surface area contributed by atoms with Gasteiger partial charge in [-0.15, -0.1) is 0 Å². The molecule has 0 saturated heterocycles. The third-order valence-corrected chi connectivity index (χ3v) is 7.42. The lowest BCUT2D eigenvalue weighted by Crippen LogP contribution is -2.40. The molecule has 1 amide bonds. The Morgan fingerprint density at radius 2 is 1.51 bits per heavy atom. The molecule has 0 saturated carbocycles. The zero-order chi connectivity index (χ0) is 25.6. The Bertz CT molecular complexity index is 1230. The fourth-order valence-corrected chi connectivity index (χ4v) is 4.85. The Balaban J connectivity index is 1.81. The number of nitrogens with zero attached hydrogens (tertiary/aromatic N) is 2. The van der Waals surface area contributed by atoms with E-state index in [1.54, 1.807) is 30.3 Å². The summed E-state index contributed by atoms with van der Waals surface area (Å²) in [6.07, 6.45) is 0.799. The summed E-state index contributed by atoms with van der Waals surface area (Å²) in [4.78, 5) is 13.0. The van der Waals surface area contributed by atoms with Crippen molar-refractivity contribution in [2.75, 3.05) is 18.4 Å². The lowest BCUT2D eigenvalue weighted by molar-refractivity contribution is 0.0932. The minimum absolute atomic E-state index is 0.0394. The predicted octanol–water partition coefficient (Wildman–Crippen LogP) is 5.16. The van der Waals surface area contributed by atoms with E-state index in [1.807, 2.05) is 30.3 Å². The topological polar surface area (TPSA) is 69.7 Å². The number of para-hydroxylation sites is 1.